The molecule has 0 radical (unpaired) electrons. The lowest BCUT2D eigenvalue weighted by Gasteiger charge is -2.09. The molecule has 4 aromatic heterocycles. The number of hydrogen-bond donors (Lipinski definition) is 2. The number of aromatic nitrogens is 5. The lowest BCUT2D eigenvalue weighted by Crippen LogP contribution is -2.05. The van der Waals surface area contributed by atoms with E-state index >= 15 is 0 Å². The number of nitrogens with one attached hydrogen (secondary N) is 2. The van der Waals surface area contributed by atoms with E-state index in [2.05, 4.69) is 27.4 Å². The number of rotatable bonds is 5. The molecule has 0 saturated heterocycles. The van der Waals surface area contributed by atoms with Gasteiger partial charge in [0.1, 0.15) is 5.65 Å². The minimum atomic E-state index is -0.00716. The highest BCUT2D eigenvalue weighted by Crippen LogP contribution is 2.27. The molecule has 7 nitrogen and oxygen atoms in total. The number of H-pyrrole nitrogens is 1. The van der Waals surface area contributed by atoms with Gasteiger partial charge >= 0.3 is 0 Å². The fourth-order valence-electron chi connectivity index (χ4n) is 3.92. The van der Waals surface area contributed by atoms with Gasteiger partial charge in [0.25, 0.3) is 0 Å². The van der Waals surface area contributed by atoms with Crippen molar-refractivity contribution in [2.45, 2.75) is 26.9 Å². The van der Waals surface area contributed by atoms with Gasteiger partial charge in [-0.3, -0.25) is 14.5 Å². The number of aromatic amines is 1. The smallest absolute Gasteiger partial charge is 0.183 e. The highest BCUT2D eigenvalue weighted by Gasteiger charge is 2.13. The summed E-state index contributed by atoms with van der Waals surface area (Å²) in [7, 11) is 0. The lowest BCUT2D eigenvalue weighted by atomic mass is 10.1. The second-order valence-electron chi connectivity index (χ2n) is 7.46. The first kappa shape index (κ1) is 18.2. The number of aryl methyl sites for hydroxylation is 2. The Morgan fingerprint density at radius 3 is 2.83 bits per heavy atom. The Balaban J connectivity index is 1.46. The normalized spacial score (nSPS) is 11.4. The summed E-state index contributed by atoms with van der Waals surface area (Å²) in [5.41, 5.74) is 6.89. The molecule has 0 aliphatic carbocycles. The number of hydrogen-bond acceptors (Lipinski definition) is 4. The Morgan fingerprint density at radius 2 is 1.97 bits per heavy atom. The molecule has 5 aromatic rings. The monoisotopic (exact) mass is 398 g/mol. The molecular weight excluding hydrogens is 376 g/mol. The molecule has 0 bridgehead atoms. The molecule has 7 heteroatoms. The number of fused-ring (bicyclic) bond motifs is 2. The molecule has 0 fully saturated rings. The third-order valence-electron chi connectivity index (χ3n) is 5.29. The zero-order chi connectivity index (χ0) is 20.7. The van der Waals surface area contributed by atoms with Crippen molar-refractivity contribution >= 4 is 22.2 Å². The van der Waals surface area contributed by atoms with Gasteiger partial charge in [-0.05, 0) is 38.1 Å². The predicted octanol–water partition coefficient (Wildman–Crippen LogP) is 3.65. The van der Waals surface area contributed by atoms with Crippen LogP contribution in [0.15, 0.2) is 65.7 Å². The van der Waals surface area contributed by atoms with Crippen LogP contribution in [0.3, 0.4) is 0 Å². The molecule has 1 aromatic carbocycles. The SMILES string of the molecule is Cc1cccc(Cn2nc(C)c3c(NCc4c[nH]c5cc(=O)ccn45)cccc32)n1. The fourth-order valence-corrected chi connectivity index (χ4v) is 3.92. The Labute approximate surface area is 173 Å². The summed E-state index contributed by atoms with van der Waals surface area (Å²) in [6, 6.07) is 15.4. The van der Waals surface area contributed by atoms with Gasteiger partial charge in [0, 0.05) is 41.3 Å². The minimum absolute atomic E-state index is 0.00716. The zero-order valence-corrected chi connectivity index (χ0v) is 16.9. The number of anilines is 1. The van der Waals surface area contributed by atoms with Crippen LogP contribution in [0.1, 0.15) is 22.8 Å². The van der Waals surface area contributed by atoms with Gasteiger partial charge in [-0.15, -0.1) is 0 Å². The molecule has 0 unspecified atom stereocenters. The van der Waals surface area contributed by atoms with Gasteiger partial charge in [-0.25, -0.2) is 0 Å². The van der Waals surface area contributed by atoms with Crippen molar-refractivity contribution in [3.05, 3.63) is 93.9 Å². The summed E-state index contributed by atoms with van der Waals surface area (Å²) in [5, 5.41) is 9.41. The number of nitrogens with zero attached hydrogens (tertiary/aromatic N) is 4. The topological polar surface area (TPSA) is 80.0 Å². The molecule has 0 amide bonds. The maximum Gasteiger partial charge on any atom is 0.183 e. The van der Waals surface area contributed by atoms with Gasteiger partial charge in [0.2, 0.25) is 0 Å². The summed E-state index contributed by atoms with van der Waals surface area (Å²) in [6.07, 6.45) is 3.71. The zero-order valence-electron chi connectivity index (χ0n) is 16.9. The maximum absolute atomic E-state index is 11.5. The first-order valence-corrected chi connectivity index (χ1v) is 9.90. The van der Waals surface area contributed by atoms with Crippen molar-refractivity contribution in [2.75, 3.05) is 5.32 Å². The van der Waals surface area contributed by atoms with E-state index in [0.717, 1.165) is 45.0 Å². The Hall–Kier alpha value is -3.87. The summed E-state index contributed by atoms with van der Waals surface area (Å²) < 4.78 is 3.99. The maximum atomic E-state index is 11.5. The molecule has 30 heavy (non-hydrogen) atoms. The average molecular weight is 398 g/mol. The second-order valence-corrected chi connectivity index (χ2v) is 7.46. The third-order valence-corrected chi connectivity index (χ3v) is 5.29. The lowest BCUT2D eigenvalue weighted by molar-refractivity contribution is 0.687. The molecule has 4 heterocycles. The van der Waals surface area contributed by atoms with E-state index in [1.54, 1.807) is 18.3 Å². The van der Waals surface area contributed by atoms with Crippen LogP contribution >= 0.6 is 0 Å². The quantitative estimate of drug-likeness (QED) is 0.474. The highest BCUT2D eigenvalue weighted by atomic mass is 16.1. The summed E-state index contributed by atoms with van der Waals surface area (Å²) >= 11 is 0. The van der Waals surface area contributed by atoms with Crippen LogP contribution in [0.5, 0.6) is 0 Å². The van der Waals surface area contributed by atoms with Gasteiger partial charge < -0.3 is 14.7 Å². The molecule has 0 atom stereocenters. The number of pyridine rings is 2. The summed E-state index contributed by atoms with van der Waals surface area (Å²) in [4.78, 5) is 19.3. The molecule has 0 aliphatic rings. The van der Waals surface area contributed by atoms with Crippen molar-refractivity contribution in [3.63, 3.8) is 0 Å². The van der Waals surface area contributed by atoms with Crippen molar-refractivity contribution in [1.29, 1.82) is 0 Å². The van der Waals surface area contributed by atoms with Crippen molar-refractivity contribution in [3.8, 4) is 0 Å². The van der Waals surface area contributed by atoms with Gasteiger partial charge in [-0.2, -0.15) is 5.10 Å². The Bertz CT molecular complexity index is 1420. The molecule has 150 valence electrons. The van der Waals surface area contributed by atoms with Crippen LogP contribution in [0.25, 0.3) is 16.6 Å². The van der Waals surface area contributed by atoms with E-state index in [-0.39, 0.29) is 5.43 Å². The van der Waals surface area contributed by atoms with Gasteiger partial charge in [0.15, 0.2) is 5.43 Å². The molecule has 0 saturated carbocycles. The van der Waals surface area contributed by atoms with Crippen LogP contribution < -0.4 is 10.7 Å². The summed E-state index contributed by atoms with van der Waals surface area (Å²) in [6.45, 7) is 5.28. The predicted molar refractivity (Wildman–Crippen MR) is 118 cm³/mol. The average Bonchev–Trinajstić information content (AvgIpc) is 3.27. The number of benzene rings is 1. The van der Waals surface area contributed by atoms with Crippen molar-refractivity contribution in [2.24, 2.45) is 0 Å². The van der Waals surface area contributed by atoms with Crippen LogP contribution in [0.4, 0.5) is 5.69 Å². The Kier molecular flexibility index (Phi) is 4.35. The van der Waals surface area contributed by atoms with Crippen LogP contribution in [0.2, 0.25) is 0 Å². The Morgan fingerprint density at radius 1 is 1.10 bits per heavy atom. The summed E-state index contributed by atoms with van der Waals surface area (Å²) in [5.74, 6) is 0. The van der Waals surface area contributed by atoms with Crippen LogP contribution in [-0.4, -0.2) is 24.1 Å². The van der Waals surface area contributed by atoms with Crippen LogP contribution in [0, 0.1) is 13.8 Å². The largest absolute Gasteiger partial charge is 0.379 e. The fraction of sp³-hybridized carbons (Fsp3) is 0.174. The molecule has 5 rings (SSSR count). The standard InChI is InChI=1S/C23H22N6O/c1-15-5-3-6-17(26-15)14-29-21-8-4-7-20(23(21)16(2)27-29)24-12-18-13-25-22-11-19(30)9-10-28(18)22/h3-11,13,24-25H,12,14H2,1-2H3. The van der Waals surface area contributed by atoms with E-state index in [1.807, 2.05) is 53.4 Å². The van der Waals surface area contributed by atoms with E-state index in [1.165, 1.54) is 0 Å². The third kappa shape index (κ3) is 3.24. The van der Waals surface area contributed by atoms with Crippen molar-refractivity contribution < 1.29 is 0 Å². The first-order chi connectivity index (χ1) is 14.6. The first-order valence-electron chi connectivity index (χ1n) is 9.90. The van der Waals surface area contributed by atoms with Crippen LogP contribution in [-0.2, 0) is 13.1 Å². The molecule has 2 N–H and O–H groups in total. The second kappa shape index (κ2) is 7.18. The molecular formula is C23H22N6O. The molecule has 0 aliphatic heterocycles. The van der Waals surface area contributed by atoms with E-state index in [4.69, 9.17) is 5.10 Å². The minimum Gasteiger partial charge on any atom is -0.379 e. The number of imidazole rings is 1. The van der Waals surface area contributed by atoms with Gasteiger partial charge in [-0.1, -0.05) is 12.1 Å². The molecule has 0 spiro atoms. The van der Waals surface area contributed by atoms with Gasteiger partial charge in [0.05, 0.1) is 35.7 Å². The highest BCUT2D eigenvalue weighted by molar-refractivity contribution is 5.94. The van der Waals surface area contributed by atoms with E-state index in [0.29, 0.717) is 13.1 Å². The van der Waals surface area contributed by atoms with E-state index < -0.39 is 0 Å². The van der Waals surface area contributed by atoms with Crippen molar-refractivity contribution in [1.82, 2.24) is 24.1 Å². The van der Waals surface area contributed by atoms with E-state index in [9.17, 15) is 4.79 Å².